The highest BCUT2D eigenvalue weighted by Crippen LogP contribution is 2.66. The third-order valence-corrected chi connectivity index (χ3v) is 11.1. The summed E-state index contributed by atoms with van der Waals surface area (Å²) in [6.45, 7) is 5.04. The van der Waals surface area contributed by atoms with Crippen molar-refractivity contribution in [3.63, 3.8) is 0 Å². The number of hydrogen-bond donors (Lipinski definition) is 0. The first-order chi connectivity index (χ1) is 14.2. The fourth-order valence-corrected chi connectivity index (χ4v) is 9.25. The Kier molecular flexibility index (Phi) is 5.09. The van der Waals surface area contributed by atoms with Gasteiger partial charge in [-0.2, -0.15) is 8.42 Å². The molecule has 0 radical (unpaired) electrons. The molecule has 166 valence electrons. The van der Waals surface area contributed by atoms with E-state index in [1.165, 1.54) is 69.2 Å². The number of halogens is 1. The Morgan fingerprint density at radius 1 is 0.933 bits per heavy atom. The molecule has 1 aromatic rings. The summed E-state index contributed by atoms with van der Waals surface area (Å²) in [5.74, 6) is 2.67. The zero-order valence-corrected chi connectivity index (χ0v) is 19.1. The zero-order valence-electron chi connectivity index (χ0n) is 18.3. The molecule has 0 spiro atoms. The van der Waals surface area contributed by atoms with Gasteiger partial charge in [0.15, 0.2) is 0 Å². The minimum Gasteiger partial charge on any atom is -0.263 e. The van der Waals surface area contributed by atoms with Gasteiger partial charge in [-0.05, 0) is 117 Å². The Bertz CT molecular complexity index is 897. The van der Waals surface area contributed by atoms with Crippen molar-refractivity contribution in [2.45, 2.75) is 89.1 Å². The van der Waals surface area contributed by atoms with Crippen LogP contribution in [0.25, 0.3) is 0 Å². The van der Waals surface area contributed by atoms with E-state index in [0.717, 1.165) is 37.0 Å². The van der Waals surface area contributed by atoms with Crippen molar-refractivity contribution >= 4 is 10.1 Å². The Morgan fingerprint density at radius 3 is 2.47 bits per heavy atom. The van der Waals surface area contributed by atoms with Crippen LogP contribution in [0.3, 0.4) is 0 Å². The van der Waals surface area contributed by atoms with E-state index in [0.29, 0.717) is 16.7 Å². The maximum Gasteiger partial charge on any atom is 0.297 e. The van der Waals surface area contributed by atoms with Gasteiger partial charge in [-0.3, -0.25) is 4.18 Å². The molecule has 4 aliphatic rings. The van der Waals surface area contributed by atoms with E-state index in [-0.39, 0.29) is 11.0 Å². The Labute approximate surface area is 180 Å². The van der Waals surface area contributed by atoms with Crippen LogP contribution in [0.15, 0.2) is 29.2 Å². The van der Waals surface area contributed by atoms with Crippen molar-refractivity contribution in [2.75, 3.05) is 0 Å². The predicted octanol–water partition coefficient (Wildman–Crippen LogP) is 6.33. The molecule has 30 heavy (non-hydrogen) atoms. The molecule has 0 N–H and O–H groups in total. The molecule has 5 rings (SSSR count). The molecule has 0 heterocycles. The van der Waals surface area contributed by atoms with E-state index in [2.05, 4.69) is 13.8 Å². The van der Waals surface area contributed by atoms with Crippen molar-refractivity contribution in [1.82, 2.24) is 0 Å². The zero-order chi connectivity index (χ0) is 21.1. The molecule has 5 heteroatoms. The molecule has 0 bridgehead atoms. The second kappa shape index (κ2) is 7.30. The first kappa shape index (κ1) is 20.9. The van der Waals surface area contributed by atoms with Crippen LogP contribution in [0.4, 0.5) is 4.39 Å². The summed E-state index contributed by atoms with van der Waals surface area (Å²) in [6.07, 6.45) is 11.9. The summed E-state index contributed by atoms with van der Waals surface area (Å²) in [6, 6.07) is 4.94. The Hall–Kier alpha value is -0.940. The van der Waals surface area contributed by atoms with Crippen molar-refractivity contribution in [3.05, 3.63) is 30.1 Å². The van der Waals surface area contributed by atoms with Crippen molar-refractivity contribution < 1.29 is 17.0 Å². The molecular formula is C25H35FO3S. The average molecular weight is 435 g/mol. The van der Waals surface area contributed by atoms with Crippen LogP contribution in [-0.2, 0) is 14.3 Å². The number of rotatable bonds is 3. The van der Waals surface area contributed by atoms with E-state index in [9.17, 15) is 12.8 Å². The van der Waals surface area contributed by atoms with E-state index >= 15 is 0 Å². The van der Waals surface area contributed by atoms with Gasteiger partial charge in [0.25, 0.3) is 10.1 Å². The molecule has 0 aliphatic heterocycles. The Morgan fingerprint density at radius 2 is 1.70 bits per heavy atom. The van der Waals surface area contributed by atoms with Crippen LogP contribution < -0.4 is 0 Å². The van der Waals surface area contributed by atoms with Gasteiger partial charge < -0.3 is 0 Å². The highest BCUT2D eigenvalue weighted by atomic mass is 32.2. The predicted molar refractivity (Wildman–Crippen MR) is 115 cm³/mol. The van der Waals surface area contributed by atoms with Crippen molar-refractivity contribution in [1.29, 1.82) is 0 Å². The maximum atomic E-state index is 13.2. The second-order valence-corrected chi connectivity index (χ2v) is 12.7. The smallest absolute Gasteiger partial charge is 0.263 e. The quantitative estimate of drug-likeness (QED) is 0.522. The van der Waals surface area contributed by atoms with Gasteiger partial charge in [0.1, 0.15) is 5.82 Å². The Balaban J connectivity index is 1.30. The molecule has 0 aromatic heterocycles. The lowest BCUT2D eigenvalue weighted by molar-refractivity contribution is -0.117. The molecule has 1 aromatic carbocycles. The molecule has 0 amide bonds. The topological polar surface area (TPSA) is 43.4 Å². The van der Waals surface area contributed by atoms with Gasteiger partial charge in [-0.25, -0.2) is 4.39 Å². The van der Waals surface area contributed by atoms with E-state index in [1.807, 2.05) is 0 Å². The second-order valence-electron chi connectivity index (χ2n) is 11.1. The third kappa shape index (κ3) is 3.35. The largest absolute Gasteiger partial charge is 0.297 e. The first-order valence-electron chi connectivity index (χ1n) is 11.9. The van der Waals surface area contributed by atoms with Gasteiger partial charge in [0.05, 0.1) is 11.0 Å². The number of hydrogen-bond acceptors (Lipinski definition) is 3. The molecule has 0 unspecified atom stereocenters. The number of benzene rings is 1. The van der Waals surface area contributed by atoms with Gasteiger partial charge >= 0.3 is 0 Å². The normalized spacial score (nSPS) is 43.5. The minimum absolute atomic E-state index is 0.0498. The molecule has 7 atom stereocenters. The fourth-order valence-electron chi connectivity index (χ4n) is 8.14. The highest BCUT2D eigenvalue weighted by molar-refractivity contribution is 7.86. The lowest BCUT2D eigenvalue weighted by Gasteiger charge is -2.60. The first-order valence-corrected chi connectivity index (χ1v) is 13.3. The molecule has 4 fully saturated rings. The highest BCUT2D eigenvalue weighted by Gasteiger charge is 2.58. The van der Waals surface area contributed by atoms with Gasteiger partial charge in [-0.1, -0.05) is 20.3 Å². The maximum absolute atomic E-state index is 13.2. The van der Waals surface area contributed by atoms with E-state index in [1.54, 1.807) is 0 Å². The van der Waals surface area contributed by atoms with E-state index in [4.69, 9.17) is 4.18 Å². The van der Waals surface area contributed by atoms with Crippen molar-refractivity contribution in [2.24, 2.45) is 34.5 Å². The van der Waals surface area contributed by atoms with Gasteiger partial charge in [0, 0.05) is 0 Å². The van der Waals surface area contributed by atoms with Crippen LogP contribution in [0.1, 0.15) is 78.1 Å². The summed E-state index contributed by atoms with van der Waals surface area (Å²) >= 11 is 0. The summed E-state index contributed by atoms with van der Waals surface area (Å²) in [5.41, 5.74) is 0.903. The van der Waals surface area contributed by atoms with Crippen LogP contribution in [0.5, 0.6) is 0 Å². The summed E-state index contributed by atoms with van der Waals surface area (Å²) in [7, 11) is -3.84. The van der Waals surface area contributed by atoms with Gasteiger partial charge in [0.2, 0.25) is 0 Å². The van der Waals surface area contributed by atoms with Crippen molar-refractivity contribution in [3.8, 4) is 0 Å². The molecule has 4 aliphatic carbocycles. The minimum atomic E-state index is -3.84. The van der Waals surface area contributed by atoms with Crippen LogP contribution in [0, 0.1) is 40.3 Å². The monoisotopic (exact) mass is 434 g/mol. The SMILES string of the molecule is C[C@]12CCC[C@@H]1[C@@H]1CC[C@H]3C[C@H](OS(=O)(=O)c4ccc(F)cc4)CC[C@@]3(C)[C@H]1CC2. The van der Waals surface area contributed by atoms with Crippen LogP contribution >= 0.6 is 0 Å². The fraction of sp³-hybridized carbons (Fsp3) is 0.760. The third-order valence-electron chi connectivity index (χ3n) is 9.76. The lowest BCUT2D eigenvalue weighted by atomic mass is 9.45. The molecule has 3 nitrogen and oxygen atoms in total. The molecule has 4 saturated carbocycles. The van der Waals surface area contributed by atoms with Gasteiger partial charge in [-0.15, -0.1) is 0 Å². The number of fused-ring (bicyclic) bond motifs is 5. The lowest BCUT2D eigenvalue weighted by Crippen LogP contribution is -2.53. The summed E-state index contributed by atoms with van der Waals surface area (Å²) in [5, 5.41) is 0. The summed E-state index contributed by atoms with van der Waals surface area (Å²) in [4.78, 5) is 0.0498. The molecular weight excluding hydrogens is 399 g/mol. The summed E-state index contributed by atoms with van der Waals surface area (Å²) < 4.78 is 44.2. The van der Waals surface area contributed by atoms with E-state index < -0.39 is 15.9 Å². The average Bonchev–Trinajstić information content (AvgIpc) is 3.10. The van der Waals surface area contributed by atoms with Crippen LogP contribution in [-0.4, -0.2) is 14.5 Å². The molecule has 0 saturated heterocycles. The standard InChI is InChI=1S/C25H35FO3S/c1-24-13-3-4-22(24)21-10-5-17-16-19(11-15-25(17,2)23(21)12-14-24)29-30(27,28)20-8-6-18(26)7-9-20/h6-9,17,19,21-23H,3-5,10-16H2,1-2H3/t17-,19+,21-,22+,23-,24+,25+/m0/s1. The van der Waals surface area contributed by atoms with Crippen LogP contribution in [0.2, 0.25) is 0 Å².